The van der Waals surface area contributed by atoms with Crippen LogP contribution in [0, 0.1) is 11.8 Å². The van der Waals surface area contributed by atoms with Crippen molar-refractivity contribution in [3.63, 3.8) is 0 Å². The number of hydrogen-bond donors (Lipinski definition) is 2. The Bertz CT molecular complexity index is 1360. The Morgan fingerprint density at radius 2 is 1.92 bits per heavy atom. The maximum atomic E-state index is 10.3. The van der Waals surface area contributed by atoms with E-state index in [9.17, 15) is 5.11 Å². The van der Waals surface area contributed by atoms with E-state index in [-0.39, 0.29) is 11.8 Å². The number of ether oxygens (including phenoxy) is 1. The second kappa shape index (κ2) is 10.4. The molecule has 6 heterocycles. The highest BCUT2D eigenvalue weighted by Crippen LogP contribution is 2.32. The maximum Gasteiger partial charge on any atom is 0.206 e. The number of morpholine rings is 1. The van der Waals surface area contributed by atoms with Crippen molar-refractivity contribution < 1.29 is 9.84 Å². The number of anilines is 3. The average molecular weight is 513 g/mol. The molecule has 4 saturated heterocycles. The van der Waals surface area contributed by atoms with Crippen LogP contribution in [0.15, 0.2) is 42.6 Å². The van der Waals surface area contributed by atoms with E-state index in [1.54, 1.807) is 18.3 Å². The zero-order valence-electron chi connectivity index (χ0n) is 21.5. The van der Waals surface area contributed by atoms with Gasteiger partial charge < -0.3 is 25.4 Å². The van der Waals surface area contributed by atoms with Gasteiger partial charge in [-0.05, 0) is 43.5 Å². The molecular formula is C28H32N8O2. The Balaban J connectivity index is 1.15. The van der Waals surface area contributed by atoms with Gasteiger partial charge in [0.05, 0.1) is 30.1 Å². The number of nitrogens with zero attached hydrogens (tertiary/aromatic N) is 7. The number of piperidine rings is 1. The zero-order valence-corrected chi connectivity index (χ0v) is 21.5. The lowest BCUT2D eigenvalue weighted by Crippen LogP contribution is -2.57. The SMILES string of the molecule is C[C@@H]1CCN(c2cc(-c3ccccc3O)nnc2N)CCN1c1ccnc(C#CCN2CC3CC(C2)O3)n1. The fraction of sp³-hybridized carbons (Fsp3) is 0.429. The number of para-hydroxylation sites is 1. The normalized spacial score (nSPS) is 23.2. The monoisotopic (exact) mass is 512 g/mol. The average Bonchev–Trinajstić information content (AvgIpc) is 3.11. The van der Waals surface area contributed by atoms with Crippen LogP contribution in [0.2, 0.25) is 0 Å². The molecule has 196 valence electrons. The van der Waals surface area contributed by atoms with E-state index in [1.165, 1.54) is 6.42 Å². The van der Waals surface area contributed by atoms with E-state index in [0.717, 1.165) is 50.6 Å². The van der Waals surface area contributed by atoms with Crippen LogP contribution in [0.3, 0.4) is 0 Å². The lowest BCUT2D eigenvalue weighted by atomic mass is 9.99. The van der Waals surface area contributed by atoms with Crippen LogP contribution in [0.1, 0.15) is 25.6 Å². The van der Waals surface area contributed by atoms with Gasteiger partial charge in [0, 0.05) is 56.9 Å². The van der Waals surface area contributed by atoms with Crippen molar-refractivity contribution in [3.05, 3.63) is 48.4 Å². The summed E-state index contributed by atoms with van der Waals surface area (Å²) < 4.78 is 5.70. The molecule has 10 nitrogen and oxygen atoms in total. The van der Waals surface area contributed by atoms with Crippen LogP contribution in [0.5, 0.6) is 5.75 Å². The number of hydrogen-bond acceptors (Lipinski definition) is 10. The number of benzene rings is 1. The van der Waals surface area contributed by atoms with Gasteiger partial charge in [0.1, 0.15) is 11.6 Å². The number of phenolic OH excluding ortho intramolecular Hbond substituents is 1. The fourth-order valence-corrected chi connectivity index (χ4v) is 5.48. The number of rotatable bonds is 4. The van der Waals surface area contributed by atoms with Gasteiger partial charge in [0.2, 0.25) is 5.82 Å². The topological polar surface area (TPSA) is 117 Å². The Labute approximate surface area is 222 Å². The predicted octanol–water partition coefficient (Wildman–Crippen LogP) is 2.15. The van der Waals surface area contributed by atoms with Gasteiger partial charge in [-0.1, -0.05) is 18.1 Å². The second-order valence-corrected chi connectivity index (χ2v) is 10.2. The van der Waals surface area contributed by atoms with Gasteiger partial charge in [-0.2, -0.15) is 0 Å². The highest BCUT2D eigenvalue weighted by atomic mass is 16.5. The van der Waals surface area contributed by atoms with E-state index in [0.29, 0.717) is 41.7 Å². The molecule has 3 atom stereocenters. The van der Waals surface area contributed by atoms with Crippen molar-refractivity contribution in [1.82, 2.24) is 25.1 Å². The summed E-state index contributed by atoms with van der Waals surface area (Å²) >= 11 is 0. The number of nitrogens with two attached hydrogens (primary N) is 1. The van der Waals surface area contributed by atoms with Gasteiger partial charge in [-0.3, -0.25) is 4.90 Å². The van der Waals surface area contributed by atoms with Gasteiger partial charge in [-0.15, -0.1) is 10.2 Å². The van der Waals surface area contributed by atoms with Crippen LogP contribution in [-0.4, -0.2) is 87.7 Å². The summed E-state index contributed by atoms with van der Waals surface area (Å²) in [4.78, 5) is 16.0. The summed E-state index contributed by atoms with van der Waals surface area (Å²) in [6.07, 6.45) is 4.65. The lowest BCUT2D eigenvalue weighted by molar-refractivity contribution is -0.178. The Hall–Kier alpha value is -3.94. The number of phenols is 1. The summed E-state index contributed by atoms with van der Waals surface area (Å²) in [5.41, 5.74) is 8.30. The molecule has 2 bridgehead atoms. The van der Waals surface area contributed by atoms with Crippen molar-refractivity contribution in [2.75, 3.05) is 54.8 Å². The Morgan fingerprint density at radius 1 is 1.11 bits per heavy atom. The molecule has 1 aromatic carbocycles. The first kappa shape index (κ1) is 24.4. The van der Waals surface area contributed by atoms with Crippen LogP contribution >= 0.6 is 0 Å². The summed E-state index contributed by atoms with van der Waals surface area (Å²) in [6.45, 7) is 7.15. The summed E-state index contributed by atoms with van der Waals surface area (Å²) in [5, 5.41) is 18.7. The first-order valence-electron chi connectivity index (χ1n) is 13.2. The van der Waals surface area contributed by atoms with Gasteiger partial charge in [-0.25, -0.2) is 9.97 Å². The first-order chi connectivity index (χ1) is 18.5. The van der Waals surface area contributed by atoms with Crippen LogP contribution in [0.25, 0.3) is 11.3 Å². The van der Waals surface area contributed by atoms with Crippen molar-refractivity contribution >= 4 is 17.3 Å². The predicted molar refractivity (Wildman–Crippen MR) is 146 cm³/mol. The van der Waals surface area contributed by atoms with E-state index in [4.69, 9.17) is 15.5 Å². The van der Waals surface area contributed by atoms with Crippen molar-refractivity contribution in [2.45, 2.75) is 38.0 Å². The smallest absolute Gasteiger partial charge is 0.206 e. The van der Waals surface area contributed by atoms with Crippen molar-refractivity contribution in [3.8, 4) is 28.8 Å². The maximum absolute atomic E-state index is 10.3. The molecule has 4 aliphatic rings. The van der Waals surface area contributed by atoms with E-state index in [1.807, 2.05) is 24.3 Å². The summed E-state index contributed by atoms with van der Waals surface area (Å²) in [7, 11) is 0. The third-order valence-corrected chi connectivity index (χ3v) is 7.55. The number of aromatic nitrogens is 4. The van der Waals surface area contributed by atoms with Crippen LogP contribution in [0.4, 0.5) is 17.3 Å². The number of fused-ring (bicyclic) bond motifs is 2. The number of aromatic hydroxyl groups is 1. The molecule has 38 heavy (non-hydrogen) atoms. The van der Waals surface area contributed by atoms with Crippen molar-refractivity contribution in [1.29, 1.82) is 0 Å². The van der Waals surface area contributed by atoms with Gasteiger partial charge in [0.25, 0.3) is 0 Å². The zero-order chi connectivity index (χ0) is 26.1. The molecule has 4 aliphatic heterocycles. The lowest BCUT2D eigenvalue weighted by Gasteiger charge is -2.46. The largest absolute Gasteiger partial charge is 0.507 e. The van der Waals surface area contributed by atoms with Crippen molar-refractivity contribution in [2.24, 2.45) is 0 Å². The molecule has 0 saturated carbocycles. The van der Waals surface area contributed by atoms with Gasteiger partial charge in [0.15, 0.2) is 5.82 Å². The second-order valence-electron chi connectivity index (χ2n) is 10.2. The highest BCUT2D eigenvalue weighted by molar-refractivity contribution is 5.74. The number of nitrogen functional groups attached to an aromatic ring is 1. The molecule has 10 heteroatoms. The Morgan fingerprint density at radius 3 is 2.74 bits per heavy atom. The quantitative estimate of drug-likeness (QED) is 0.504. The molecule has 4 fully saturated rings. The minimum atomic E-state index is 0.164. The summed E-state index contributed by atoms with van der Waals surface area (Å²) in [5.74, 6) is 8.37. The minimum absolute atomic E-state index is 0.164. The third-order valence-electron chi connectivity index (χ3n) is 7.55. The molecule has 3 aromatic rings. The molecule has 7 rings (SSSR count). The fourth-order valence-electron chi connectivity index (χ4n) is 5.48. The Kier molecular flexibility index (Phi) is 6.70. The highest BCUT2D eigenvalue weighted by Gasteiger charge is 2.37. The van der Waals surface area contributed by atoms with E-state index in [2.05, 4.69) is 48.6 Å². The summed E-state index contributed by atoms with van der Waals surface area (Å²) in [6, 6.07) is 11.2. The van der Waals surface area contributed by atoms with Crippen LogP contribution < -0.4 is 15.5 Å². The van der Waals surface area contributed by atoms with E-state index >= 15 is 0 Å². The molecule has 2 unspecified atom stereocenters. The minimum Gasteiger partial charge on any atom is -0.507 e. The molecule has 3 N–H and O–H groups in total. The molecule has 0 radical (unpaired) electrons. The molecule has 0 aliphatic carbocycles. The molecule has 0 spiro atoms. The molecular weight excluding hydrogens is 480 g/mol. The van der Waals surface area contributed by atoms with E-state index < -0.39 is 0 Å². The van der Waals surface area contributed by atoms with Gasteiger partial charge >= 0.3 is 0 Å². The molecule has 2 aromatic heterocycles. The standard InChI is InChI=1S/C28H32N8O2/c1-19-9-12-35(24-16-23(32-33-28(24)29)22-5-2-3-6-25(22)37)13-14-36(19)27-8-10-30-26(31-27)7-4-11-34-17-20-15-21(18-34)38-20/h2-3,5-6,8,10,16,19-21,37H,9,11-15,17-18H2,1H3,(H2,29,33)/t19-,20?,21?/m1/s1. The van der Waals surface area contributed by atoms with Crippen LogP contribution in [-0.2, 0) is 4.74 Å². The molecule has 0 amide bonds. The first-order valence-corrected chi connectivity index (χ1v) is 13.2. The third kappa shape index (κ3) is 5.08.